The van der Waals surface area contributed by atoms with E-state index in [9.17, 15) is 4.79 Å². The maximum absolute atomic E-state index is 12.2. The van der Waals surface area contributed by atoms with Crippen molar-refractivity contribution in [3.63, 3.8) is 0 Å². The van der Waals surface area contributed by atoms with Crippen molar-refractivity contribution < 1.29 is 9.53 Å². The third-order valence-corrected chi connectivity index (χ3v) is 3.76. The van der Waals surface area contributed by atoms with Crippen molar-refractivity contribution in [1.82, 2.24) is 10.2 Å². The van der Waals surface area contributed by atoms with Crippen molar-refractivity contribution in [2.45, 2.75) is 25.4 Å². The van der Waals surface area contributed by atoms with E-state index in [2.05, 4.69) is 17.3 Å². The Balaban J connectivity index is 1.92. The van der Waals surface area contributed by atoms with Crippen LogP contribution in [0.4, 0.5) is 0 Å². The first kappa shape index (κ1) is 11.8. The summed E-state index contributed by atoms with van der Waals surface area (Å²) < 4.78 is 5.28. The third kappa shape index (κ3) is 2.07. The highest BCUT2D eigenvalue weighted by Gasteiger charge is 2.45. The zero-order valence-electron chi connectivity index (χ0n) is 10.0. The van der Waals surface area contributed by atoms with Crippen LogP contribution in [0.25, 0.3) is 0 Å². The van der Waals surface area contributed by atoms with Crippen LogP contribution >= 0.6 is 0 Å². The van der Waals surface area contributed by atoms with Crippen LogP contribution in [0, 0.1) is 5.41 Å². The van der Waals surface area contributed by atoms with E-state index in [0.717, 1.165) is 19.5 Å². The standard InChI is InChI=1S/C11H21N3O2/c1-11(7-16-6-9(11)12)10(15)13-8-3-4-14(2)5-8/h8-9H,3-7,12H2,1-2H3,(H,13,15). The highest BCUT2D eigenvalue weighted by atomic mass is 16.5. The molecular weight excluding hydrogens is 206 g/mol. The molecule has 2 heterocycles. The second kappa shape index (κ2) is 4.31. The number of hydrogen-bond acceptors (Lipinski definition) is 4. The SMILES string of the molecule is CN1CCC(NC(=O)C2(C)COCC2N)C1. The van der Waals surface area contributed by atoms with Gasteiger partial charge in [0.05, 0.1) is 18.6 Å². The highest BCUT2D eigenvalue weighted by Crippen LogP contribution is 2.27. The Bertz CT molecular complexity index is 284. The van der Waals surface area contributed by atoms with Gasteiger partial charge in [-0.25, -0.2) is 0 Å². The zero-order valence-corrected chi connectivity index (χ0v) is 10.0. The van der Waals surface area contributed by atoms with Gasteiger partial charge in [-0.2, -0.15) is 0 Å². The minimum atomic E-state index is -0.554. The fourth-order valence-electron chi connectivity index (χ4n) is 2.33. The Labute approximate surface area is 96.3 Å². The maximum Gasteiger partial charge on any atom is 0.230 e. The molecule has 2 aliphatic rings. The lowest BCUT2D eigenvalue weighted by Gasteiger charge is -2.27. The van der Waals surface area contributed by atoms with Crippen molar-refractivity contribution in [2.24, 2.45) is 11.1 Å². The maximum atomic E-state index is 12.2. The molecule has 5 nitrogen and oxygen atoms in total. The normalized spacial score (nSPS) is 40.2. The monoisotopic (exact) mass is 227 g/mol. The third-order valence-electron chi connectivity index (χ3n) is 3.76. The van der Waals surface area contributed by atoms with Gasteiger partial charge in [0.15, 0.2) is 0 Å². The van der Waals surface area contributed by atoms with Crippen LogP contribution in [0.1, 0.15) is 13.3 Å². The minimum Gasteiger partial charge on any atom is -0.379 e. The van der Waals surface area contributed by atoms with Crippen molar-refractivity contribution in [3.8, 4) is 0 Å². The van der Waals surface area contributed by atoms with Crippen LogP contribution in [0.15, 0.2) is 0 Å². The van der Waals surface area contributed by atoms with Crippen LogP contribution < -0.4 is 11.1 Å². The number of likely N-dealkylation sites (tertiary alicyclic amines) is 1. The van der Waals surface area contributed by atoms with Gasteiger partial charge in [0.1, 0.15) is 0 Å². The van der Waals surface area contributed by atoms with Gasteiger partial charge in [-0.15, -0.1) is 0 Å². The molecular formula is C11H21N3O2. The van der Waals surface area contributed by atoms with Crippen molar-refractivity contribution in [3.05, 3.63) is 0 Å². The first-order valence-corrected chi connectivity index (χ1v) is 5.85. The average Bonchev–Trinajstić information content (AvgIpc) is 2.76. The molecule has 5 heteroatoms. The van der Waals surface area contributed by atoms with Gasteiger partial charge in [0.25, 0.3) is 0 Å². The Hall–Kier alpha value is -0.650. The number of carbonyl (C=O) groups is 1. The zero-order chi connectivity index (χ0) is 11.8. The fraction of sp³-hybridized carbons (Fsp3) is 0.909. The van der Waals surface area contributed by atoms with Crippen molar-refractivity contribution in [2.75, 3.05) is 33.4 Å². The summed E-state index contributed by atoms with van der Waals surface area (Å²) in [6, 6.07) is 0.0776. The predicted molar refractivity (Wildman–Crippen MR) is 60.9 cm³/mol. The largest absolute Gasteiger partial charge is 0.379 e. The lowest BCUT2D eigenvalue weighted by Crippen LogP contribution is -2.52. The molecule has 16 heavy (non-hydrogen) atoms. The van der Waals surface area contributed by atoms with E-state index in [1.807, 2.05) is 6.92 Å². The number of nitrogens with two attached hydrogens (primary N) is 1. The molecule has 3 N–H and O–H groups in total. The summed E-state index contributed by atoms with van der Waals surface area (Å²) in [4.78, 5) is 14.4. The number of amides is 1. The summed E-state index contributed by atoms with van der Waals surface area (Å²) in [5.41, 5.74) is 5.37. The summed E-state index contributed by atoms with van der Waals surface area (Å²) in [6.07, 6.45) is 1.02. The Morgan fingerprint density at radius 3 is 2.88 bits per heavy atom. The van der Waals surface area contributed by atoms with Gasteiger partial charge >= 0.3 is 0 Å². The van der Waals surface area contributed by atoms with E-state index >= 15 is 0 Å². The highest BCUT2D eigenvalue weighted by molar-refractivity contribution is 5.83. The van der Waals surface area contributed by atoms with E-state index in [0.29, 0.717) is 13.2 Å². The molecule has 92 valence electrons. The molecule has 0 aromatic carbocycles. The Morgan fingerprint density at radius 1 is 1.62 bits per heavy atom. The summed E-state index contributed by atoms with van der Waals surface area (Å²) >= 11 is 0. The van der Waals surface area contributed by atoms with E-state index in [-0.39, 0.29) is 18.0 Å². The van der Waals surface area contributed by atoms with Crippen LogP contribution in [0.2, 0.25) is 0 Å². The number of rotatable bonds is 2. The second-order valence-corrected chi connectivity index (χ2v) is 5.26. The van der Waals surface area contributed by atoms with Crippen LogP contribution in [-0.2, 0) is 9.53 Å². The topological polar surface area (TPSA) is 67.6 Å². The Morgan fingerprint density at radius 2 is 2.38 bits per heavy atom. The summed E-state index contributed by atoms with van der Waals surface area (Å²) in [5, 5.41) is 3.08. The molecule has 0 spiro atoms. The first-order valence-electron chi connectivity index (χ1n) is 5.85. The molecule has 3 unspecified atom stereocenters. The summed E-state index contributed by atoms with van der Waals surface area (Å²) in [7, 11) is 2.07. The number of nitrogens with one attached hydrogen (secondary N) is 1. The summed E-state index contributed by atoms with van der Waals surface area (Å²) in [5.74, 6) is 0.0396. The summed E-state index contributed by atoms with van der Waals surface area (Å²) in [6.45, 7) is 4.78. The molecule has 2 rings (SSSR count). The van der Waals surface area contributed by atoms with Crippen LogP contribution in [0.5, 0.6) is 0 Å². The molecule has 2 saturated heterocycles. The molecule has 0 bridgehead atoms. The smallest absolute Gasteiger partial charge is 0.230 e. The molecule has 0 aromatic rings. The predicted octanol–water partition coefficient (Wildman–Crippen LogP) is -0.829. The van der Waals surface area contributed by atoms with E-state index < -0.39 is 5.41 Å². The number of nitrogens with zero attached hydrogens (tertiary/aromatic N) is 1. The molecule has 0 aliphatic carbocycles. The van der Waals surface area contributed by atoms with Gasteiger partial charge in [0, 0.05) is 18.6 Å². The minimum absolute atomic E-state index is 0.0396. The number of hydrogen-bond donors (Lipinski definition) is 2. The molecule has 0 saturated carbocycles. The number of ether oxygens (including phenoxy) is 1. The number of carbonyl (C=O) groups excluding carboxylic acids is 1. The quantitative estimate of drug-likeness (QED) is 0.646. The van der Waals surface area contributed by atoms with E-state index in [1.54, 1.807) is 0 Å². The fourth-order valence-corrected chi connectivity index (χ4v) is 2.33. The molecule has 2 fully saturated rings. The lowest BCUT2D eigenvalue weighted by molar-refractivity contribution is -0.131. The van der Waals surface area contributed by atoms with Gasteiger partial charge in [0.2, 0.25) is 5.91 Å². The first-order chi connectivity index (χ1) is 7.52. The van der Waals surface area contributed by atoms with Gasteiger partial charge in [-0.05, 0) is 26.9 Å². The van der Waals surface area contributed by atoms with Gasteiger partial charge in [-0.3, -0.25) is 4.79 Å². The lowest BCUT2D eigenvalue weighted by atomic mass is 9.84. The molecule has 1 amide bonds. The van der Waals surface area contributed by atoms with Gasteiger partial charge < -0.3 is 20.7 Å². The van der Waals surface area contributed by atoms with E-state index in [1.165, 1.54) is 0 Å². The molecule has 3 atom stereocenters. The van der Waals surface area contributed by atoms with Gasteiger partial charge in [-0.1, -0.05) is 0 Å². The molecule has 0 aromatic heterocycles. The Kier molecular flexibility index (Phi) is 3.19. The molecule has 2 aliphatic heterocycles. The van der Waals surface area contributed by atoms with E-state index in [4.69, 9.17) is 10.5 Å². The van der Waals surface area contributed by atoms with Crippen molar-refractivity contribution >= 4 is 5.91 Å². The average molecular weight is 227 g/mol. The number of likely N-dealkylation sites (N-methyl/N-ethyl adjacent to an activating group) is 1. The van der Waals surface area contributed by atoms with Crippen LogP contribution in [-0.4, -0.2) is 56.2 Å². The van der Waals surface area contributed by atoms with Crippen LogP contribution in [0.3, 0.4) is 0 Å². The second-order valence-electron chi connectivity index (χ2n) is 5.26. The van der Waals surface area contributed by atoms with Crippen molar-refractivity contribution in [1.29, 1.82) is 0 Å². The molecule has 0 radical (unpaired) electrons.